The van der Waals surface area contributed by atoms with Crippen LogP contribution in [0.25, 0.3) is 10.9 Å². The molecule has 4 aromatic rings. The SMILES string of the molecule is O=C(Nc1ccccc1)N1CC2CC1CN2c1nc(Nc2cn[nH]c2)c2ccccc2n1. The number of aromatic nitrogens is 4. The summed E-state index contributed by atoms with van der Waals surface area (Å²) in [5, 5.41) is 14.1. The van der Waals surface area contributed by atoms with Crippen LogP contribution in [0.5, 0.6) is 0 Å². The Kier molecular flexibility index (Phi) is 4.38. The molecule has 4 heterocycles. The summed E-state index contributed by atoms with van der Waals surface area (Å²) in [4.78, 5) is 26.7. The van der Waals surface area contributed by atoms with Gasteiger partial charge in [0.05, 0.1) is 29.5 Å². The summed E-state index contributed by atoms with van der Waals surface area (Å²) >= 11 is 0. The van der Waals surface area contributed by atoms with E-state index < -0.39 is 0 Å². The molecule has 2 saturated heterocycles. The molecule has 3 N–H and O–H groups in total. The van der Waals surface area contributed by atoms with Gasteiger partial charge in [0.25, 0.3) is 0 Å². The van der Waals surface area contributed by atoms with Gasteiger partial charge in [0, 0.05) is 30.4 Å². The fourth-order valence-electron chi connectivity index (χ4n) is 4.62. The van der Waals surface area contributed by atoms with Crippen molar-refractivity contribution in [3.63, 3.8) is 0 Å². The Morgan fingerprint density at radius 2 is 1.81 bits per heavy atom. The minimum absolute atomic E-state index is 0.0508. The summed E-state index contributed by atoms with van der Waals surface area (Å²) in [6.07, 6.45) is 4.43. The number of rotatable bonds is 4. The molecule has 2 aliphatic heterocycles. The standard InChI is InChI=1S/C23H22N8O/c32-23(27-15-6-2-1-3-7-15)31-14-17-10-18(31)13-30(17)22-28-20-9-5-4-8-19(20)21(29-22)26-16-11-24-25-12-16/h1-9,11-12,17-18H,10,13-14H2,(H,24,25)(H,27,32)(H,26,28,29). The monoisotopic (exact) mass is 426 g/mol. The van der Waals surface area contributed by atoms with E-state index in [2.05, 4.69) is 25.7 Å². The van der Waals surface area contributed by atoms with Crippen molar-refractivity contribution in [2.75, 3.05) is 28.6 Å². The van der Waals surface area contributed by atoms with Crippen molar-refractivity contribution in [3.8, 4) is 0 Å². The van der Waals surface area contributed by atoms with Crippen molar-refractivity contribution in [2.24, 2.45) is 0 Å². The molecular formula is C23H22N8O. The highest BCUT2D eigenvalue weighted by Gasteiger charge is 2.46. The number of aromatic amines is 1. The number of hydrogen-bond acceptors (Lipinski definition) is 6. The third kappa shape index (κ3) is 3.27. The van der Waals surface area contributed by atoms with Crippen LogP contribution in [0.1, 0.15) is 6.42 Å². The Labute approximate surface area is 184 Å². The van der Waals surface area contributed by atoms with Crippen LogP contribution < -0.4 is 15.5 Å². The van der Waals surface area contributed by atoms with Crippen LogP contribution in [-0.2, 0) is 0 Å². The van der Waals surface area contributed by atoms with Crippen LogP contribution >= 0.6 is 0 Å². The van der Waals surface area contributed by atoms with Crippen LogP contribution in [0.2, 0.25) is 0 Å². The first-order valence-corrected chi connectivity index (χ1v) is 10.7. The molecule has 0 radical (unpaired) electrons. The van der Waals surface area contributed by atoms with Gasteiger partial charge in [-0.25, -0.2) is 9.78 Å². The van der Waals surface area contributed by atoms with Crippen LogP contribution in [-0.4, -0.2) is 56.3 Å². The molecule has 2 aromatic heterocycles. The van der Waals surface area contributed by atoms with Gasteiger partial charge in [-0.3, -0.25) is 5.10 Å². The van der Waals surface area contributed by atoms with E-state index in [4.69, 9.17) is 9.97 Å². The summed E-state index contributed by atoms with van der Waals surface area (Å²) in [7, 11) is 0. The number of urea groups is 1. The van der Waals surface area contributed by atoms with E-state index in [-0.39, 0.29) is 18.1 Å². The number of fused-ring (bicyclic) bond motifs is 3. The summed E-state index contributed by atoms with van der Waals surface area (Å²) < 4.78 is 0. The van der Waals surface area contributed by atoms with Crippen molar-refractivity contribution in [1.82, 2.24) is 25.1 Å². The lowest BCUT2D eigenvalue weighted by Crippen LogP contribution is -2.50. The number of piperazine rings is 1. The quantitative estimate of drug-likeness (QED) is 0.461. The van der Waals surface area contributed by atoms with E-state index in [1.807, 2.05) is 59.5 Å². The van der Waals surface area contributed by atoms with Gasteiger partial charge in [0.1, 0.15) is 5.82 Å². The summed E-state index contributed by atoms with van der Waals surface area (Å²) in [6.45, 7) is 1.38. The molecule has 2 fully saturated rings. The lowest BCUT2D eigenvalue weighted by Gasteiger charge is -2.34. The second-order valence-electron chi connectivity index (χ2n) is 8.15. The maximum Gasteiger partial charge on any atom is 0.322 e. The lowest BCUT2D eigenvalue weighted by molar-refractivity contribution is 0.202. The Balaban J connectivity index is 1.24. The lowest BCUT2D eigenvalue weighted by atomic mass is 10.2. The number of likely N-dealkylation sites (tertiary alicyclic amines) is 1. The van der Waals surface area contributed by atoms with Crippen LogP contribution in [0.15, 0.2) is 67.0 Å². The van der Waals surface area contributed by atoms with Crippen molar-refractivity contribution < 1.29 is 4.79 Å². The molecule has 0 saturated carbocycles. The molecule has 32 heavy (non-hydrogen) atoms. The van der Waals surface area contributed by atoms with Gasteiger partial charge in [-0.15, -0.1) is 0 Å². The number of nitrogens with one attached hydrogen (secondary N) is 3. The Morgan fingerprint density at radius 3 is 2.59 bits per heavy atom. The van der Waals surface area contributed by atoms with Gasteiger partial charge in [-0.1, -0.05) is 30.3 Å². The molecule has 2 bridgehead atoms. The maximum absolute atomic E-state index is 12.8. The largest absolute Gasteiger partial charge is 0.337 e. The number of amides is 2. The second-order valence-corrected chi connectivity index (χ2v) is 8.15. The zero-order valence-corrected chi connectivity index (χ0v) is 17.3. The summed E-state index contributed by atoms with van der Waals surface area (Å²) in [6, 6.07) is 17.8. The molecule has 2 aliphatic rings. The zero-order valence-electron chi connectivity index (χ0n) is 17.3. The second kappa shape index (κ2) is 7.52. The van der Waals surface area contributed by atoms with E-state index in [0.717, 1.165) is 41.1 Å². The Bertz CT molecular complexity index is 1260. The number of benzene rings is 2. The molecule has 0 aliphatic carbocycles. The third-order valence-corrected chi connectivity index (χ3v) is 6.14. The number of nitrogens with zero attached hydrogens (tertiary/aromatic N) is 5. The molecule has 160 valence electrons. The molecule has 2 unspecified atom stereocenters. The minimum Gasteiger partial charge on any atom is -0.337 e. The van der Waals surface area contributed by atoms with Gasteiger partial charge in [-0.05, 0) is 30.7 Å². The minimum atomic E-state index is -0.0508. The number of para-hydroxylation sites is 2. The van der Waals surface area contributed by atoms with Crippen molar-refractivity contribution in [3.05, 3.63) is 67.0 Å². The summed E-state index contributed by atoms with van der Waals surface area (Å²) in [5.74, 6) is 1.43. The van der Waals surface area contributed by atoms with E-state index in [1.54, 1.807) is 12.4 Å². The number of carbonyl (C=O) groups excluding carboxylic acids is 1. The first kappa shape index (κ1) is 18.6. The predicted molar refractivity (Wildman–Crippen MR) is 123 cm³/mol. The predicted octanol–water partition coefficient (Wildman–Crippen LogP) is 3.59. The molecule has 9 heteroatoms. The topological polar surface area (TPSA) is 102 Å². The molecule has 9 nitrogen and oxygen atoms in total. The molecule has 6 rings (SSSR count). The van der Waals surface area contributed by atoms with E-state index in [1.165, 1.54) is 0 Å². The highest BCUT2D eigenvalue weighted by molar-refractivity contribution is 5.92. The average molecular weight is 426 g/mol. The van der Waals surface area contributed by atoms with Crippen molar-refractivity contribution in [1.29, 1.82) is 0 Å². The molecule has 0 spiro atoms. The van der Waals surface area contributed by atoms with Gasteiger partial charge < -0.3 is 20.4 Å². The van der Waals surface area contributed by atoms with Gasteiger partial charge in [0.15, 0.2) is 0 Å². The molecular weight excluding hydrogens is 404 g/mol. The number of hydrogen-bond donors (Lipinski definition) is 3. The number of anilines is 4. The Hall–Kier alpha value is -4.14. The fourth-order valence-corrected chi connectivity index (χ4v) is 4.62. The van der Waals surface area contributed by atoms with Crippen LogP contribution in [0, 0.1) is 0 Å². The highest BCUT2D eigenvalue weighted by Crippen LogP contribution is 2.35. The van der Waals surface area contributed by atoms with Gasteiger partial charge >= 0.3 is 6.03 Å². The van der Waals surface area contributed by atoms with E-state index in [9.17, 15) is 4.79 Å². The number of carbonyl (C=O) groups is 1. The Morgan fingerprint density at radius 1 is 0.969 bits per heavy atom. The highest BCUT2D eigenvalue weighted by atomic mass is 16.2. The maximum atomic E-state index is 12.8. The normalized spacial score (nSPS) is 19.5. The average Bonchev–Trinajstić information content (AvgIpc) is 3.57. The van der Waals surface area contributed by atoms with Crippen LogP contribution in [0.3, 0.4) is 0 Å². The molecule has 2 atom stereocenters. The van der Waals surface area contributed by atoms with Gasteiger partial charge in [-0.2, -0.15) is 10.1 Å². The first-order valence-electron chi connectivity index (χ1n) is 10.7. The number of H-pyrrole nitrogens is 1. The van der Waals surface area contributed by atoms with Gasteiger partial charge in [0.2, 0.25) is 5.95 Å². The van der Waals surface area contributed by atoms with Crippen LogP contribution in [0.4, 0.5) is 27.9 Å². The summed E-state index contributed by atoms with van der Waals surface area (Å²) in [5.41, 5.74) is 2.53. The molecule has 2 amide bonds. The van der Waals surface area contributed by atoms with E-state index in [0.29, 0.717) is 12.5 Å². The third-order valence-electron chi connectivity index (χ3n) is 6.14. The van der Waals surface area contributed by atoms with Crippen molar-refractivity contribution >= 4 is 40.1 Å². The fraction of sp³-hybridized carbons (Fsp3) is 0.217. The van der Waals surface area contributed by atoms with E-state index >= 15 is 0 Å². The smallest absolute Gasteiger partial charge is 0.322 e. The first-order chi connectivity index (χ1) is 15.7. The molecule has 2 aromatic carbocycles. The van der Waals surface area contributed by atoms with Crippen molar-refractivity contribution in [2.45, 2.75) is 18.5 Å². The zero-order chi connectivity index (χ0) is 21.5.